The van der Waals surface area contributed by atoms with Crippen LogP contribution in [0.2, 0.25) is 0 Å². The summed E-state index contributed by atoms with van der Waals surface area (Å²) in [5.74, 6) is 0. The molecule has 1 N–H and O–H groups in total. The van der Waals surface area contributed by atoms with Gasteiger partial charge in [0.2, 0.25) is 0 Å². The fraction of sp³-hybridized carbons (Fsp3) is 0.273. The molecule has 12 heavy (non-hydrogen) atoms. The van der Waals surface area contributed by atoms with Crippen LogP contribution in [0.15, 0.2) is 30.6 Å². The van der Waals surface area contributed by atoms with Crippen molar-refractivity contribution < 1.29 is 0 Å². The predicted octanol–water partition coefficient (Wildman–Crippen LogP) is 3.06. The lowest BCUT2D eigenvalue weighted by molar-refractivity contribution is 1.27. The summed E-state index contributed by atoms with van der Waals surface area (Å²) < 4.78 is 0. The quantitative estimate of drug-likeness (QED) is 0.602. The second-order valence-corrected chi connectivity index (χ2v) is 3.17. The van der Waals surface area contributed by atoms with Gasteiger partial charge in [-0.2, -0.15) is 0 Å². The maximum atomic E-state index is 3.13. The zero-order valence-electron chi connectivity index (χ0n) is 7.89. The number of aromatic nitrogens is 1. The van der Waals surface area contributed by atoms with E-state index in [1.54, 1.807) is 0 Å². The van der Waals surface area contributed by atoms with E-state index in [9.17, 15) is 0 Å². The molecule has 1 rings (SSSR count). The van der Waals surface area contributed by atoms with Gasteiger partial charge in [-0.3, -0.25) is 0 Å². The van der Waals surface area contributed by atoms with Crippen molar-refractivity contribution in [2.45, 2.75) is 20.8 Å². The molecule has 0 atom stereocenters. The average molecular weight is 161 g/mol. The first kappa shape index (κ1) is 8.85. The van der Waals surface area contributed by atoms with Crippen LogP contribution in [0.4, 0.5) is 0 Å². The first-order chi connectivity index (χ1) is 5.68. The zero-order chi connectivity index (χ0) is 8.97. The van der Waals surface area contributed by atoms with Crippen molar-refractivity contribution in [2.75, 3.05) is 0 Å². The third-order valence-corrected chi connectivity index (χ3v) is 1.69. The SMILES string of the molecule is Cc1ccc(C)cc(C)c[nH]c1. The first-order valence-corrected chi connectivity index (χ1v) is 4.14. The largest absolute Gasteiger partial charge is 0.367 e. The number of H-pyrrole nitrogens is 1. The highest BCUT2D eigenvalue weighted by Crippen LogP contribution is 1.98. The van der Waals surface area contributed by atoms with Crippen LogP contribution >= 0.6 is 0 Å². The highest BCUT2D eigenvalue weighted by atomic mass is 14.6. The molecule has 0 fully saturated rings. The summed E-state index contributed by atoms with van der Waals surface area (Å²) in [6, 6.07) is 6.37. The third-order valence-electron chi connectivity index (χ3n) is 1.69. The van der Waals surface area contributed by atoms with Gasteiger partial charge in [0.15, 0.2) is 0 Å². The second-order valence-electron chi connectivity index (χ2n) is 3.17. The van der Waals surface area contributed by atoms with Gasteiger partial charge in [0.25, 0.3) is 0 Å². The van der Waals surface area contributed by atoms with Crippen molar-refractivity contribution in [1.29, 1.82) is 0 Å². The van der Waals surface area contributed by atoms with Crippen LogP contribution in [0.5, 0.6) is 0 Å². The zero-order valence-corrected chi connectivity index (χ0v) is 7.89. The van der Waals surface area contributed by atoms with Gasteiger partial charge in [0.1, 0.15) is 0 Å². The number of hydrogen-bond acceptors (Lipinski definition) is 0. The van der Waals surface area contributed by atoms with Crippen molar-refractivity contribution in [3.8, 4) is 0 Å². The van der Waals surface area contributed by atoms with E-state index in [4.69, 9.17) is 0 Å². The molecule has 1 aromatic heterocycles. The maximum Gasteiger partial charge on any atom is 0.00341 e. The van der Waals surface area contributed by atoms with E-state index in [0.717, 1.165) is 0 Å². The van der Waals surface area contributed by atoms with Gasteiger partial charge >= 0.3 is 0 Å². The molecule has 1 nitrogen and oxygen atoms in total. The Morgan fingerprint density at radius 2 is 1.42 bits per heavy atom. The fourth-order valence-corrected chi connectivity index (χ4v) is 1.06. The molecule has 1 heterocycles. The van der Waals surface area contributed by atoms with Crippen LogP contribution in [0.25, 0.3) is 0 Å². The topological polar surface area (TPSA) is 15.8 Å². The second kappa shape index (κ2) is 3.96. The Kier molecular flexibility index (Phi) is 2.92. The van der Waals surface area contributed by atoms with Crippen molar-refractivity contribution in [3.63, 3.8) is 0 Å². The van der Waals surface area contributed by atoms with E-state index in [2.05, 4.69) is 44.0 Å². The Labute approximate surface area is 73.8 Å². The van der Waals surface area contributed by atoms with Crippen LogP contribution in [0.3, 0.4) is 0 Å². The molecule has 0 unspecified atom stereocenters. The summed E-state index contributed by atoms with van der Waals surface area (Å²) in [6.45, 7) is 6.26. The van der Waals surface area contributed by atoms with Crippen molar-refractivity contribution in [1.82, 2.24) is 4.98 Å². The molecule has 0 saturated carbocycles. The standard InChI is InChI=1S/C11H15N/c1-9-4-5-10(2)7-12-8-11(3)6-9/h4-8,12H,1-3H3. The van der Waals surface area contributed by atoms with Crippen molar-refractivity contribution >= 4 is 0 Å². The number of aryl methyl sites for hydroxylation is 3. The Morgan fingerprint density at radius 3 is 2.17 bits per heavy atom. The summed E-state index contributed by atoms with van der Waals surface area (Å²) in [5, 5.41) is 0. The van der Waals surface area contributed by atoms with E-state index in [1.165, 1.54) is 16.7 Å². The maximum absolute atomic E-state index is 3.13. The van der Waals surface area contributed by atoms with E-state index >= 15 is 0 Å². The highest BCUT2D eigenvalue weighted by molar-refractivity contribution is 5.17. The molecule has 1 heteroatoms. The molecule has 64 valence electrons. The number of aromatic amines is 1. The lowest BCUT2D eigenvalue weighted by Crippen LogP contribution is -1.68. The molecule has 1 aromatic rings. The average Bonchev–Trinajstić information content (AvgIpc) is 2.05. The molecule has 0 radical (unpaired) electrons. The van der Waals surface area contributed by atoms with Gasteiger partial charge in [-0.25, -0.2) is 0 Å². The number of nitrogens with one attached hydrogen (secondary N) is 1. The number of rotatable bonds is 0. The molecule has 0 aliphatic rings. The fourth-order valence-electron chi connectivity index (χ4n) is 1.06. The molecule has 0 aliphatic carbocycles. The van der Waals surface area contributed by atoms with Crippen molar-refractivity contribution in [2.24, 2.45) is 0 Å². The first-order valence-electron chi connectivity index (χ1n) is 4.14. The summed E-state index contributed by atoms with van der Waals surface area (Å²) in [6.07, 6.45) is 3.99. The van der Waals surface area contributed by atoms with Gasteiger partial charge in [-0.1, -0.05) is 23.8 Å². The smallest absolute Gasteiger partial charge is 0.00341 e. The van der Waals surface area contributed by atoms with E-state index < -0.39 is 0 Å². The van der Waals surface area contributed by atoms with Crippen molar-refractivity contribution in [3.05, 3.63) is 47.3 Å². The highest BCUT2D eigenvalue weighted by Gasteiger charge is 1.80. The Bertz CT molecular complexity index is 309. The van der Waals surface area contributed by atoms with Gasteiger partial charge in [-0.15, -0.1) is 0 Å². The van der Waals surface area contributed by atoms with Crippen LogP contribution in [-0.4, -0.2) is 4.98 Å². The molecule has 0 amide bonds. The lowest BCUT2D eigenvalue weighted by atomic mass is 10.2. The Balaban J connectivity index is 3.33. The van der Waals surface area contributed by atoms with Crippen LogP contribution in [-0.2, 0) is 0 Å². The summed E-state index contributed by atoms with van der Waals surface area (Å²) >= 11 is 0. The van der Waals surface area contributed by atoms with Crippen LogP contribution < -0.4 is 0 Å². The lowest BCUT2D eigenvalue weighted by Gasteiger charge is -1.84. The molecule has 0 spiro atoms. The molecule has 0 saturated heterocycles. The van der Waals surface area contributed by atoms with Crippen LogP contribution in [0, 0.1) is 20.8 Å². The summed E-state index contributed by atoms with van der Waals surface area (Å²) in [4.78, 5) is 3.13. The molecule has 0 aliphatic heterocycles. The minimum absolute atomic E-state index is 1.23. The minimum atomic E-state index is 1.23. The molecular formula is C11H15N. The van der Waals surface area contributed by atoms with Gasteiger partial charge in [0.05, 0.1) is 0 Å². The van der Waals surface area contributed by atoms with Gasteiger partial charge < -0.3 is 4.98 Å². The van der Waals surface area contributed by atoms with Crippen LogP contribution in [0.1, 0.15) is 16.7 Å². The summed E-state index contributed by atoms with van der Waals surface area (Å²) in [5.41, 5.74) is 3.75. The van der Waals surface area contributed by atoms with E-state index in [0.29, 0.717) is 0 Å². The third kappa shape index (κ3) is 2.79. The Morgan fingerprint density at radius 1 is 0.833 bits per heavy atom. The van der Waals surface area contributed by atoms with Gasteiger partial charge in [-0.05, 0) is 31.9 Å². The monoisotopic (exact) mass is 161 g/mol. The molecule has 0 aromatic carbocycles. The summed E-state index contributed by atoms with van der Waals surface area (Å²) in [7, 11) is 0. The Hall–Kier alpha value is -1.24. The van der Waals surface area contributed by atoms with Gasteiger partial charge in [0, 0.05) is 12.4 Å². The molecular weight excluding hydrogens is 146 g/mol. The predicted molar refractivity (Wildman–Crippen MR) is 52.6 cm³/mol. The minimum Gasteiger partial charge on any atom is -0.367 e. The van der Waals surface area contributed by atoms with E-state index in [-0.39, 0.29) is 0 Å². The normalized spacial score (nSPS) is 9.25. The van der Waals surface area contributed by atoms with E-state index in [1.807, 2.05) is 12.4 Å². The molecule has 0 bridgehead atoms. The number of hydrogen-bond donors (Lipinski definition) is 1.